The molecule has 1 N–H and O–H groups in total. The molecule has 2 aromatic carbocycles. The van der Waals surface area contributed by atoms with E-state index in [1.807, 2.05) is 53.4 Å². The van der Waals surface area contributed by atoms with Crippen LogP contribution in [0.1, 0.15) is 24.9 Å². The topological polar surface area (TPSA) is 32.3 Å². The molecule has 1 unspecified atom stereocenters. The van der Waals surface area contributed by atoms with Gasteiger partial charge in [0, 0.05) is 11.6 Å². The summed E-state index contributed by atoms with van der Waals surface area (Å²) in [7, 11) is 0. The number of amides is 1. The number of rotatable bonds is 3. The molecule has 0 bridgehead atoms. The van der Waals surface area contributed by atoms with E-state index in [4.69, 9.17) is 11.6 Å². The number of nitrogens with one attached hydrogen (secondary N) is 1. The highest BCUT2D eigenvalue weighted by Gasteiger charge is 2.32. The van der Waals surface area contributed by atoms with Crippen molar-refractivity contribution in [2.45, 2.75) is 19.4 Å². The van der Waals surface area contributed by atoms with Crippen LogP contribution in [-0.2, 0) is 4.79 Å². The van der Waals surface area contributed by atoms with E-state index in [0.717, 1.165) is 23.4 Å². The summed E-state index contributed by atoms with van der Waals surface area (Å²) >= 11 is 6.09. The van der Waals surface area contributed by atoms with Gasteiger partial charge in [-0.2, -0.15) is 0 Å². The quantitative estimate of drug-likeness (QED) is 0.919. The number of fused-ring (bicyclic) bond motifs is 1. The van der Waals surface area contributed by atoms with Crippen LogP contribution in [0.4, 0.5) is 11.4 Å². The van der Waals surface area contributed by atoms with Crippen LogP contribution < -0.4 is 10.2 Å². The second-order valence-corrected chi connectivity index (χ2v) is 5.58. The monoisotopic (exact) mass is 300 g/mol. The van der Waals surface area contributed by atoms with E-state index in [0.29, 0.717) is 11.6 Å². The molecule has 3 rings (SSSR count). The molecule has 1 amide bonds. The lowest BCUT2D eigenvalue weighted by Crippen LogP contribution is -2.42. The van der Waals surface area contributed by atoms with Gasteiger partial charge in [0.2, 0.25) is 0 Å². The molecular weight excluding hydrogens is 284 g/mol. The standard InChI is InChI=1S/C17H17ClN2O/c1-2-10-20-15-9-8-13(18)11-14(15)19-16(17(20)21)12-6-4-3-5-7-12/h3-9,11,16,19H,2,10H2,1H3. The van der Waals surface area contributed by atoms with Crippen molar-refractivity contribution in [3.05, 3.63) is 59.1 Å². The van der Waals surface area contributed by atoms with E-state index in [2.05, 4.69) is 12.2 Å². The first-order valence-corrected chi connectivity index (χ1v) is 7.51. The molecular formula is C17H17ClN2O. The summed E-state index contributed by atoms with van der Waals surface area (Å²) in [5.41, 5.74) is 2.78. The van der Waals surface area contributed by atoms with Gasteiger partial charge in [-0.15, -0.1) is 0 Å². The van der Waals surface area contributed by atoms with Gasteiger partial charge < -0.3 is 10.2 Å². The largest absolute Gasteiger partial charge is 0.368 e. The molecule has 0 saturated carbocycles. The Labute approximate surface area is 129 Å². The van der Waals surface area contributed by atoms with Crippen LogP contribution in [0.3, 0.4) is 0 Å². The van der Waals surface area contributed by atoms with Crippen LogP contribution in [0.5, 0.6) is 0 Å². The van der Waals surface area contributed by atoms with Crippen molar-refractivity contribution in [3.8, 4) is 0 Å². The summed E-state index contributed by atoms with van der Waals surface area (Å²) < 4.78 is 0. The van der Waals surface area contributed by atoms with Gasteiger partial charge in [0.15, 0.2) is 0 Å². The third kappa shape index (κ3) is 2.61. The smallest absolute Gasteiger partial charge is 0.254 e. The molecule has 1 heterocycles. The molecule has 1 atom stereocenters. The number of carbonyl (C=O) groups is 1. The van der Waals surface area contributed by atoms with Crippen LogP contribution in [0.2, 0.25) is 5.02 Å². The van der Waals surface area contributed by atoms with E-state index in [9.17, 15) is 4.79 Å². The Kier molecular flexibility index (Phi) is 3.84. The molecule has 2 aromatic rings. The minimum Gasteiger partial charge on any atom is -0.368 e. The summed E-state index contributed by atoms with van der Waals surface area (Å²) in [4.78, 5) is 14.6. The third-order valence-corrected chi connectivity index (χ3v) is 3.88. The number of hydrogen-bond donors (Lipinski definition) is 1. The van der Waals surface area contributed by atoms with Crippen molar-refractivity contribution >= 4 is 28.9 Å². The molecule has 21 heavy (non-hydrogen) atoms. The average molecular weight is 301 g/mol. The van der Waals surface area contributed by atoms with E-state index in [1.165, 1.54) is 0 Å². The highest BCUT2D eigenvalue weighted by molar-refractivity contribution is 6.31. The van der Waals surface area contributed by atoms with Crippen molar-refractivity contribution in [1.82, 2.24) is 0 Å². The zero-order chi connectivity index (χ0) is 14.8. The highest BCUT2D eigenvalue weighted by atomic mass is 35.5. The molecule has 1 aliphatic rings. The van der Waals surface area contributed by atoms with Gasteiger partial charge in [0.1, 0.15) is 6.04 Å². The molecule has 0 aromatic heterocycles. The molecule has 1 aliphatic heterocycles. The van der Waals surface area contributed by atoms with Gasteiger partial charge >= 0.3 is 0 Å². The molecule has 0 radical (unpaired) electrons. The maximum atomic E-state index is 12.8. The number of anilines is 2. The van der Waals surface area contributed by atoms with Crippen molar-refractivity contribution < 1.29 is 4.79 Å². The molecule has 0 saturated heterocycles. The van der Waals surface area contributed by atoms with Gasteiger partial charge in [0.25, 0.3) is 5.91 Å². The van der Waals surface area contributed by atoms with Gasteiger partial charge in [-0.05, 0) is 30.2 Å². The lowest BCUT2D eigenvalue weighted by Gasteiger charge is -2.35. The van der Waals surface area contributed by atoms with Crippen LogP contribution in [-0.4, -0.2) is 12.5 Å². The summed E-state index contributed by atoms with van der Waals surface area (Å²) in [5, 5.41) is 3.98. The summed E-state index contributed by atoms with van der Waals surface area (Å²) in [6.07, 6.45) is 0.912. The minimum atomic E-state index is -0.358. The Morgan fingerprint density at radius 3 is 2.67 bits per heavy atom. The van der Waals surface area contributed by atoms with Crippen LogP contribution in [0, 0.1) is 0 Å². The fraction of sp³-hybridized carbons (Fsp3) is 0.235. The lowest BCUT2D eigenvalue weighted by molar-refractivity contribution is -0.119. The number of halogens is 1. The fourth-order valence-corrected chi connectivity index (χ4v) is 2.85. The Balaban J connectivity index is 2.05. The number of hydrogen-bond acceptors (Lipinski definition) is 2. The molecule has 4 heteroatoms. The van der Waals surface area contributed by atoms with E-state index < -0.39 is 0 Å². The Bertz CT molecular complexity index is 657. The fourth-order valence-electron chi connectivity index (χ4n) is 2.68. The van der Waals surface area contributed by atoms with Crippen molar-refractivity contribution in [2.24, 2.45) is 0 Å². The van der Waals surface area contributed by atoms with Crippen molar-refractivity contribution in [3.63, 3.8) is 0 Å². The first-order chi connectivity index (χ1) is 10.2. The lowest BCUT2D eigenvalue weighted by atomic mass is 10.0. The molecule has 108 valence electrons. The van der Waals surface area contributed by atoms with Gasteiger partial charge in [-0.1, -0.05) is 48.9 Å². The second-order valence-electron chi connectivity index (χ2n) is 5.14. The van der Waals surface area contributed by atoms with Crippen molar-refractivity contribution in [2.75, 3.05) is 16.8 Å². The number of benzene rings is 2. The Morgan fingerprint density at radius 2 is 1.95 bits per heavy atom. The van der Waals surface area contributed by atoms with Gasteiger partial charge in [-0.25, -0.2) is 0 Å². The van der Waals surface area contributed by atoms with Crippen LogP contribution >= 0.6 is 11.6 Å². The maximum absolute atomic E-state index is 12.8. The zero-order valence-corrected chi connectivity index (χ0v) is 12.6. The number of nitrogens with zero attached hydrogens (tertiary/aromatic N) is 1. The van der Waals surface area contributed by atoms with Crippen molar-refractivity contribution in [1.29, 1.82) is 0 Å². The summed E-state index contributed by atoms with van der Waals surface area (Å²) in [6.45, 7) is 2.78. The SMILES string of the molecule is CCCN1C(=O)C(c2ccccc2)Nc2cc(Cl)ccc21. The Morgan fingerprint density at radius 1 is 1.19 bits per heavy atom. The van der Waals surface area contributed by atoms with Crippen LogP contribution in [0.25, 0.3) is 0 Å². The highest BCUT2D eigenvalue weighted by Crippen LogP contribution is 2.38. The third-order valence-electron chi connectivity index (χ3n) is 3.64. The first kappa shape index (κ1) is 14.0. The normalized spacial score (nSPS) is 17.3. The predicted octanol–water partition coefficient (Wildman–Crippen LogP) is 4.25. The minimum absolute atomic E-state index is 0.0814. The van der Waals surface area contributed by atoms with E-state index in [1.54, 1.807) is 0 Å². The zero-order valence-electron chi connectivity index (χ0n) is 11.8. The molecule has 3 nitrogen and oxygen atoms in total. The van der Waals surface area contributed by atoms with Crippen LogP contribution in [0.15, 0.2) is 48.5 Å². The maximum Gasteiger partial charge on any atom is 0.254 e. The van der Waals surface area contributed by atoms with Gasteiger partial charge in [-0.3, -0.25) is 4.79 Å². The molecule has 0 fully saturated rings. The summed E-state index contributed by atoms with van der Waals surface area (Å²) in [5.74, 6) is 0.0814. The van der Waals surface area contributed by atoms with E-state index >= 15 is 0 Å². The summed E-state index contributed by atoms with van der Waals surface area (Å²) in [6, 6.07) is 15.0. The van der Waals surface area contributed by atoms with Gasteiger partial charge in [0.05, 0.1) is 11.4 Å². The predicted molar refractivity (Wildman–Crippen MR) is 86.9 cm³/mol. The van der Waals surface area contributed by atoms with E-state index in [-0.39, 0.29) is 11.9 Å². The average Bonchev–Trinajstić information content (AvgIpc) is 2.51. The Hall–Kier alpha value is -2.00. The second kappa shape index (κ2) is 5.78. The first-order valence-electron chi connectivity index (χ1n) is 7.13. The molecule has 0 spiro atoms. The molecule has 0 aliphatic carbocycles. The number of carbonyl (C=O) groups excluding carboxylic acids is 1.